The first-order valence-corrected chi connectivity index (χ1v) is 9.79. The summed E-state index contributed by atoms with van der Waals surface area (Å²) in [5.74, 6) is 0.622. The average Bonchev–Trinajstić information content (AvgIpc) is 2.99. The summed E-state index contributed by atoms with van der Waals surface area (Å²) in [7, 11) is -3.55. The van der Waals surface area contributed by atoms with E-state index in [1.807, 2.05) is 6.92 Å². The van der Waals surface area contributed by atoms with Gasteiger partial charge in [-0.05, 0) is 31.5 Å². The van der Waals surface area contributed by atoms with E-state index in [0.717, 1.165) is 5.56 Å². The van der Waals surface area contributed by atoms with E-state index in [9.17, 15) is 13.2 Å². The minimum absolute atomic E-state index is 0.0263. The van der Waals surface area contributed by atoms with E-state index in [1.165, 1.54) is 4.31 Å². The normalized spacial score (nSPS) is 11.6. The minimum Gasteiger partial charge on any atom is -0.376 e. The quantitative estimate of drug-likeness (QED) is 0.728. The molecule has 0 saturated carbocycles. The molecule has 0 atom stereocenters. The van der Waals surface area contributed by atoms with E-state index < -0.39 is 10.0 Å². The van der Waals surface area contributed by atoms with Crippen molar-refractivity contribution < 1.29 is 17.7 Å². The molecule has 142 valence electrons. The number of amides is 1. The second-order valence-electron chi connectivity index (χ2n) is 5.79. The summed E-state index contributed by atoms with van der Waals surface area (Å²) in [6.07, 6.45) is 0. The van der Waals surface area contributed by atoms with Crippen LogP contribution < -0.4 is 10.6 Å². The van der Waals surface area contributed by atoms with E-state index in [4.69, 9.17) is 4.52 Å². The van der Waals surface area contributed by atoms with Crippen molar-refractivity contribution in [3.63, 3.8) is 0 Å². The van der Waals surface area contributed by atoms with E-state index in [0.29, 0.717) is 30.4 Å². The van der Waals surface area contributed by atoms with Crippen molar-refractivity contribution >= 4 is 27.4 Å². The first kappa shape index (κ1) is 19.9. The predicted octanol–water partition coefficient (Wildman–Crippen LogP) is 2.37. The number of aryl methyl sites for hydroxylation is 2. The third-order valence-electron chi connectivity index (χ3n) is 3.89. The zero-order valence-electron chi connectivity index (χ0n) is 15.4. The monoisotopic (exact) mass is 380 g/mol. The lowest BCUT2D eigenvalue weighted by Gasteiger charge is -2.19. The number of nitrogens with zero attached hydrogens (tertiary/aromatic N) is 2. The van der Waals surface area contributed by atoms with E-state index in [2.05, 4.69) is 15.8 Å². The number of nitrogens with one attached hydrogen (secondary N) is 2. The smallest absolute Gasteiger partial charge is 0.244 e. The fourth-order valence-electron chi connectivity index (χ4n) is 2.45. The highest BCUT2D eigenvalue weighted by Gasteiger charge is 2.22. The van der Waals surface area contributed by atoms with E-state index in [1.54, 1.807) is 45.0 Å². The topological polar surface area (TPSA) is 105 Å². The third kappa shape index (κ3) is 4.61. The Bertz CT molecular complexity index is 873. The standard InChI is InChI=1S/C17H24N4O4S/c1-5-21(6-2)26(23,24)14-8-7-12(3)15(10-14)18-11-17(22)19-16-9-13(4)25-20-16/h7-10,18H,5-6,11H2,1-4H3,(H,19,20,22). The number of sulfonamides is 1. The molecule has 2 rings (SSSR count). The maximum Gasteiger partial charge on any atom is 0.244 e. The molecule has 1 heterocycles. The molecule has 0 aliphatic rings. The molecule has 0 radical (unpaired) electrons. The Balaban J connectivity index is 2.11. The number of benzene rings is 1. The lowest BCUT2D eigenvalue weighted by Crippen LogP contribution is -2.30. The van der Waals surface area contributed by atoms with Gasteiger partial charge >= 0.3 is 0 Å². The summed E-state index contributed by atoms with van der Waals surface area (Å²) in [6, 6.07) is 6.46. The Morgan fingerprint density at radius 3 is 2.46 bits per heavy atom. The van der Waals surface area contributed by atoms with Gasteiger partial charge < -0.3 is 15.2 Å². The first-order valence-electron chi connectivity index (χ1n) is 8.35. The first-order chi connectivity index (χ1) is 12.3. The fraction of sp³-hybridized carbons (Fsp3) is 0.412. The summed E-state index contributed by atoms with van der Waals surface area (Å²) in [5, 5.41) is 9.27. The molecule has 0 saturated heterocycles. The molecular formula is C17H24N4O4S. The van der Waals surface area contributed by atoms with Crippen LogP contribution in [-0.2, 0) is 14.8 Å². The highest BCUT2D eigenvalue weighted by atomic mass is 32.2. The van der Waals surface area contributed by atoms with Crippen molar-refractivity contribution in [1.82, 2.24) is 9.46 Å². The number of aromatic nitrogens is 1. The zero-order valence-corrected chi connectivity index (χ0v) is 16.2. The number of anilines is 2. The summed E-state index contributed by atoms with van der Waals surface area (Å²) in [6.45, 7) is 7.93. The molecule has 1 amide bonds. The Morgan fingerprint density at radius 1 is 1.19 bits per heavy atom. The lowest BCUT2D eigenvalue weighted by atomic mass is 10.2. The van der Waals surface area contributed by atoms with Crippen molar-refractivity contribution in [2.75, 3.05) is 30.3 Å². The van der Waals surface area contributed by atoms with Crippen LogP contribution in [0.2, 0.25) is 0 Å². The zero-order chi connectivity index (χ0) is 19.3. The Hall–Kier alpha value is -2.39. The van der Waals surface area contributed by atoms with Gasteiger partial charge in [-0.25, -0.2) is 8.42 Å². The number of carbonyl (C=O) groups excluding carboxylic acids is 1. The van der Waals surface area contributed by atoms with Gasteiger partial charge in [0.05, 0.1) is 11.4 Å². The van der Waals surface area contributed by atoms with Gasteiger partial charge in [0.1, 0.15) is 5.76 Å². The van der Waals surface area contributed by atoms with Crippen LogP contribution in [0.1, 0.15) is 25.2 Å². The molecular weight excluding hydrogens is 356 g/mol. The van der Waals surface area contributed by atoms with E-state index >= 15 is 0 Å². The lowest BCUT2D eigenvalue weighted by molar-refractivity contribution is -0.114. The largest absolute Gasteiger partial charge is 0.376 e. The third-order valence-corrected chi connectivity index (χ3v) is 5.93. The van der Waals surface area contributed by atoms with Crippen LogP contribution in [-0.4, -0.2) is 43.4 Å². The van der Waals surface area contributed by atoms with Crippen LogP contribution in [0.5, 0.6) is 0 Å². The molecule has 1 aromatic heterocycles. The Kier molecular flexibility index (Phi) is 6.38. The van der Waals surface area contributed by atoms with Crippen molar-refractivity contribution in [2.45, 2.75) is 32.6 Å². The van der Waals surface area contributed by atoms with Crippen LogP contribution in [0, 0.1) is 13.8 Å². The van der Waals surface area contributed by atoms with Crippen LogP contribution in [0.25, 0.3) is 0 Å². The van der Waals surface area contributed by atoms with Crippen molar-refractivity contribution in [1.29, 1.82) is 0 Å². The Labute approximate surface area is 153 Å². The number of hydrogen-bond acceptors (Lipinski definition) is 6. The second-order valence-corrected chi connectivity index (χ2v) is 7.73. The van der Waals surface area contributed by atoms with Gasteiger partial charge in [-0.15, -0.1) is 0 Å². The molecule has 0 aliphatic heterocycles. The minimum atomic E-state index is -3.55. The molecule has 2 N–H and O–H groups in total. The highest BCUT2D eigenvalue weighted by molar-refractivity contribution is 7.89. The fourth-order valence-corrected chi connectivity index (χ4v) is 3.94. The highest BCUT2D eigenvalue weighted by Crippen LogP contribution is 2.23. The summed E-state index contributed by atoms with van der Waals surface area (Å²) in [5.41, 5.74) is 1.43. The van der Waals surface area contributed by atoms with Gasteiger partial charge in [0, 0.05) is 24.8 Å². The van der Waals surface area contributed by atoms with Crippen LogP contribution in [0.4, 0.5) is 11.5 Å². The average molecular weight is 380 g/mol. The van der Waals surface area contributed by atoms with Crippen LogP contribution in [0.15, 0.2) is 33.7 Å². The second kappa shape index (κ2) is 8.33. The van der Waals surface area contributed by atoms with Gasteiger partial charge in [-0.3, -0.25) is 4.79 Å². The number of carbonyl (C=O) groups is 1. The molecule has 0 fully saturated rings. The van der Waals surface area contributed by atoms with Gasteiger partial charge in [-0.1, -0.05) is 25.1 Å². The van der Waals surface area contributed by atoms with Crippen LogP contribution in [0.3, 0.4) is 0 Å². The predicted molar refractivity (Wildman–Crippen MR) is 99.6 cm³/mol. The summed E-state index contributed by atoms with van der Waals surface area (Å²) >= 11 is 0. The molecule has 26 heavy (non-hydrogen) atoms. The molecule has 0 spiro atoms. The van der Waals surface area contributed by atoms with Crippen molar-refractivity contribution in [2.24, 2.45) is 0 Å². The Morgan fingerprint density at radius 2 is 1.88 bits per heavy atom. The molecule has 9 heteroatoms. The van der Waals surface area contributed by atoms with Crippen molar-refractivity contribution in [3.8, 4) is 0 Å². The number of hydrogen-bond donors (Lipinski definition) is 2. The summed E-state index contributed by atoms with van der Waals surface area (Å²) < 4.78 is 31.6. The molecule has 0 bridgehead atoms. The van der Waals surface area contributed by atoms with Crippen LogP contribution >= 0.6 is 0 Å². The number of rotatable bonds is 8. The molecule has 0 unspecified atom stereocenters. The molecule has 1 aromatic carbocycles. The maximum absolute atomic E-state index is 12.6. The molecule has 0 aliphatic carbocycles. The molecule has 8 nitrogen and oxygen atoms in total. The van der Waals surface area contributed by atoms with E-state index in [-0.39, 0.29) is 17.3 Å². The summed E-state index contributed by atoms with van der Waals surface area (Å²) in [4.78, 5) is 12.2. The van der Waals surface area contributed by atoms with Gasteiger partial charge in [-0.2, -0.15) is 4.31 Å². The SMILES string of the molecule is CCN(CC)S(=O)(=O)c1ccc(C)c(NCC(=O)Nc2cc(C)on2)c1. The van der Waals surface area contributed by atoms with Crippen molar-refractivity contribution in [3.05, 3.63) is 35.6 Å². The van der Waals surface area contributed by atoms with Gasteiger partial charge in [0.25, 0.3) is 0 Å². The van der Waals surface area contributed by atoms with Gasteiger partial charge in [0.15, 0.2) is 5.82 Å². The van der Waals surface area contributed by atoms with Gasteiger partial charge in [0.2, 0.25) is 15.9 Å². The maximum atomic E-state index is 12.6. The molecule has 2 aromatic rings.